The van der Waals surface area contributed by atoms with Gasteiger partial charge in [0.1, 0.15) is 40.4 Å². The Labute approximate surface area is 211 Å². The number of rotatable bonds is 5. The molecule has 0 fully saturated rings. The highest BCUT2D eigenvalue weighted by Crippen LogP contribution is 2.26. The number of pyridine rings is 3. The van der Waals surface area contributed by atoms with E-state index in [1.54, 1.807) is 32.2 Å². The minimum Gasteiger partial charge on any atom is -0.485 e. The summed E-state index contributed by atoms with van der Waals surface area (Å²) in [6, 6.07) is 3.88. The molecule has 0 aromatic carbocycles. The summed E-state index contributed by atoms with van der Waals surface area (Å²) in [4.78, 5) is 25.7. The Bertz CT molecular complexity index is 1400. The molecule has 0 aliphatic rings. The number of thiocarbonyl (C=S) groups is 1. The van der Waals surface area contributed by atoms with Crippen LogP contribution in [0.2, 0.25) is 5.02 Å². The van der Waals surface area contributed by atoms with Gasteiger partial charge in [0.05, 0.1) is 11.9 Å². The van der Waals surface area contributed by atoms with Crippen LogP contribution < -0.4 is 16.0 Å². The summed E-state index contributed by atoms with van der Waals surface area (Å²) in [7, 11) is 0. The first-order valence-corrected chi connectivity index (χ1v) is 11.3. The van der Waals surface area contributed by atoms with Gasteiger partial charge in [-0.25, -0.2) is 13.8 Å². The van der Waals surface area contributed by atoms with Gasteiger partial charge in [-0.05, 0) is 25.5 Å². The molecule has 0 saturated heterocycles. The molecule has 0 aliphatic carbocycles. The molecule has 7 nitrogen and oxygen atoms in total. The minimum absolute atomic E-state index is 0.0425. The van der Waals surface area contributed by atoms with Gasteiger partial charge in [-0.1, -0.05) is 44.6 Å². The van der Waals surface area contributed by atoms with Gasteiger partial charge in [0.2, 0.25) is 0 Å². The van der Waals surface area contributed by atoms with Crippen LogP contribution in [0.3, 0.4) is 0 Å². The fourth-order valence-corrected chi connectivity index (χ4v) is 3.39. The van der Waals surface area contributed by atoms with E-state index in [2.05, 4.69) is 15.0 Å². The molecule has 0 saturated carbocycles. The van der Waals surface area contributed by atoms with Gasteiger partial charge < -0.3 is 10.5 Å². The van der Waals surface area contributed by atoms with E-state index < -0.39 is 17.2 Å². The first-order chi connectivity index (χ1) is 16.3. The van der Waals surface area contributed by atoms with E-state index in [1.807, 2.05) is 20.8 Å². The molecule has 0 amide bonds. The molecule has 184 valence electrons. The first kappa shape index (κ1) is 26.4. The second kappa shape index (κ2) is 10.2. The average molecular weight is 520 g/mol. The summed E-state index contributed by atoms with van der Waals surface area (Å²) < 4.78 is 33.9. The van der Waals surface area contributed by atoms with Crippen LogP contribution >= 0.6 is 23.8 Å². The molecule has 35 heavy (non-hydrogen) atoms. The predicted octanol–water partition coefficient (Wildman–Crippen LogP) is 4.83. The summed E-state index contributed by atoms with van der Waals surface area (Å²) in [6.07, 6.45) is 2.45. The van der Waals surface area contributed by atoms with Gasteiger partial charge in [0.25, 0.3) is 5.56 Å². The van der Waals surface area contributed by atoms with Crippen molar-refractivity contribution in [2.24, 2.45) is 16.1 Å². The summed E-state index contributed by atoms with van der Waals surface area (Å²) >= 11 is 11.7. The van der Waals surface area contributed by atoms with E-state index in [-0.39, 0.29) is 33.5 Å². The smallest absolute Gasteiger partial charge is 0.277 e. The standard InChI is InChI=1S/C24H24ClF2N5O2S/c1-12-9-29-16(21(35)31-23(28)24(3,4)5)8-18(12)32-13(2)6-19(20(25)22(32)33)34-11-17-15(27)7-14(26)10-30-17/h6-10H,11H2,1-5H3,(H2,28,31,35). The Kier molecular flexibility index (Phi) is 7.66. The molecule has 11 heteroatoms. The average Bonchev–Trinajstić information content (AvgIpc) is 2.76. The Morgan fingerprint density at radius 3 is 2.51 bits per heavy atom. The zero-order chi connectivity index (χ0) is 26.1. The van der Waals surface area contributed by atoms with Crippen LogP contribution in [-0.2, 0) is 6.61 Å². The maximum Gasteiger partial charge on any atom is 0.277 e. The SMILES string of the molecule is Cc1cnc(C(=S)N=C(N)C(C)(C)C)cc1-n1c(C)cc(OCc2ncc(F)cc2F)c(Cl)c1=O. The number of ether oxygens (including phenoxy) is 1. The van der Waals surface area contributed by atoms with Crippen molar-refractivity contribution in [2.45, 2.75) is 41.2 Å². The van der Waals surface area contributed by atoms with Gasteiger partial charge >= 0.3 is 0 Å². The van der Waals surface area contributed by atoms with E-state index in [9.17, 15) is 13.6 Å². The number of amidine groups is 1. The highest BCUT2D eigenvalue weighted by atomic mass is 35.5. The molecule has 0 radical (unpaired) electrons. The van der Waals surface area contributed by atoms with Crippen molar-refractivity contribution in [3.63, 3.8) is 0 Å². The lowest BCUT2D eigenvalue weighted by Crippen LogP contribution is -2.30. The number of hydrogen-bond donors (Lipinski definition) is 1. The van der Waals surface area contributed by atoms with Crippen LogP contribution in [0.15, 0.2) is 40.4 Å². The quantitative estimate of drug-likeness (QED) is 0.294. The van der Waals surface area contributed by atoms with Crippen LogP contribution in [0.25, 0.3) is 5.69 Å². The number of nitrogens with two attached hydrogens (primary N) is 1. The van der Waals surface area contributed by atoms with Crippen molar-refractivity contribution in [3.8, 4) is 11.4 Å². The fourth-order valence-electron chi connectivity index (χ4n) is 2.99. The third-order valence-electron chi connectivity index (χ3n) is 5.07. The van der Waals surface area contributed by atoms with Crippen LogP contribution in [0.1, 0.15) is 43.4 Å². The van der Waals surface area contributed by atoms with Gasteiger partial charge in [-0.2, -0.15) is 0 Å². The molecule has 0 spiro atoms. The molecule has 0 atom stereocenters. The highest BCUT2D eigenvalue weighted by molar-refractivity contribution is 7.80. The highest BCUT2D eigenvalue weighted by Gasteiger charge is 2.19. The number of nitrogens with zero attached hydrogens (tertiary/aromatic N) is 4. The third kappa shape index (κ3) is 5.88. The molecule has 3 aromatic heterocycles. The zero-order valence-electron chi connectivity index (χ0n) is 19.8. The van der Waals surface area contributed by atoms with Gasteiger partial charge in [-0.3, -0.25) is 19.3 Å². The minimum atomic E-state index is -0.864. The van der Waals surface area contributed by atoms with Crippen LogP contribution in [-0.4, -0.2) is 25.4 Å². The van der Waals surface area contributed by atoms with Crippen molar-refractivity contribution < 1.29 is 13.5 Å². The van der Waals surface area contributed by atoms with Crippen molar-refractivity contribution in [1.82, 2.24) is 14.5 Å². The Balaban J connectivity index is 1.98. The van der Waals surface area contributed by atoms with E-state index in [4.69, 9.17) is 34.3 Å². The van der Waals surface area contributed by atoms with Gasteiger partial charge in [0.15, 0.2) is 10.8 Å². The molecule has 3 heterocycles. The number of aryl methyl sites for hydroxylation is 2. The number of aromatic nitrogens is 3. The predicted molar refractivity (Wildman–Crippen MR) is 136 cm³/mol. The van der Waals surface area contributed by atoms with E-state index >= 15 is 0 Å². The second-order valence-corrected chi connectivity index (χ2v) is 9.65. The molecular formula is C24H24ClF2N5O2S. The normalized spacial score (nSPS) is 12.1. The lowest BCUT2D eigenvalue weighted by molar-refractivity contribution is 0.292. The number of aliphatic imine (C=N–C) groups is 1. The van der Waals surface area contributed by atoms with E-state index in [0.29, 0.717) is 34.5 Å². The molecule has 0 aliphatic heterocycles. The molecule has 3 aromatic rings. The monoisotopic (exact) mass is 519 g/mol. The zero-order valence-corrected chi connectivity index (χ0v) is 21.4. The van der Waals surface area contributed by atoms with Gasteiger partial charge in [0, 0.05) is 29.4 Å². The Morgan fingerprint density at radius 1 is 1.20 bits per heavy atom. The summed E-state index contributed by atoms with van der Waals surface area (Å²) in [5, 5.41) is -0.214. The molecule has 2 N–H and O–H groups in total. The maximum atomic E-state index is 13.9. The molecule has 0 bridgehead atoms. The van der Waals surface area contributed by atoms with Crippen LogP contribution in [0.4, 0.5) is 8.78 Å². The van der Waals surface area contributed by atoms with Crippen molar-refractivity contribution in [2.75, 3.05) is 0 Å². The summed E-state index contributed by atoms with van der Waals surface area (Å²) in [5.74, 6) is -1.27. The van der Waals surface area contributed by atoms with Gasteiger partial charge in [-0.15, -0.1) is 0 Å². The number of hydrogen-bond acceptors (Lipinski definition) is 5. The maximum absolute atomic E-state index is 13.9. The van der Waals surface area contributed by atoms with E-state index in [0.717, 1.165) is 6.20 Å². The number of halogens is 3. The third-order valence-corrected chi connectivity index (χ3v) is 5.72. The Hall–Kier alpha value is -3.24. The fraction of sp³-hybridized carbons (Fsp3) is 0.292. The molecule has 3 rings (SSSR count). The lowest BCUT2D eigenvalue weighted by atomic mass is 9.95. The second-order valence-electron chi connectivity index (χ2n) is 8.88. The lowest BCUT2D eigenvalue weighted by Gasteiger charge is -2.18. The Morgan fingerprint density at radius 2 is 1.89 bits per heavy atom. The molecular weight excluding hydrogens is 496 g/mol. The van der Waals surface area contributed by atoms with Crippen LogP contribution in [0.5, 0.6) is 5.75 Å². The van der Waals surface area contributed by atoms with Crippen molar-refractivity contribution in [1.29, 1.82) is 0 Å². The van der Waals surface area contributed by atoms with Crippen molar-refractivity contribution >= 4 is 34.6 Å². The molecule has 0 unspecified atom stereocenters. The largest absolute Gasteiger partial charge is 0.485 e. The van der Waals surface area contributed by atoms with E-state index in [1.165, 1.54) is 4.57 Å². The summed E-state index contributed by atoms with van der Waals surface area (Å²) in [5.41, 5.74) is 7.04. The van der Waals surface area contributed by atoms with Crippen LogP contribution in [0, 0.1) is 30.9 Å². The first-order valence-electron chi connectivity index (χ1n) is 10.5. The summed E-state index contributed by atoms with van der Waals surface area (Å²) in [6.45, 7) is 8.88. The van der Waals surface area contributed by atoms with Crippen molar-refractivity contribution in [3.05, 3.63) is 80.2 Å². The topological polar surface area (TPSA) is 95.4 Å².